The van der Waals surface area contributed by atoms with Gasteiger partial charge in [-0.1, -0.05) is 30.3 Å². The number of hydrogen-bond donors (Lipinski definition) is 2. The minimum absolute atomic E-state index is 0.195. The minimum Gasteiger partial charge on any atom is -0.424 e. The Morgan fingerprint density at radius 3 is 2.20 bits per heavy atom. The number of fused-ring (bicyclic) bond motifs is 2. The molecule has 2 unspecified atom stereocenters. The molecule has 13 nitrogen and oxygen atoms in total. The van der Waals surface area contributed by atoms with Gasteiger partial charge in [0, 0.05) is 11.7 Å². The van der Waals surface area contributed by atoms with Crippen molar-refractivity contribution in [3.63, 3.8) is 0 Å². The number of benzene rings is 1. The highest BCUT2D eigenvalue weighted by molar-refractivity contribution is 8.01. The molecule has 15 heteroatoms. The van der Waals surface area contributed by atoms with Gasteiger partial charge in [0.1, 0.15) is 34.9 Å². The van der Waals surface area contributed by atoms with Crippen molar-refractivity contribution in [2.45, 2.75) is 91.7 Å². The second-order valence-corrected chi connectivity index (χ2v) is 16.0. The van der Waals surface area contributed by atoms with Gasteiger partial charge in [-0.2, -0.15) is 0 Å². The van der Waals surface area contributed by atoms with Crippen LogP contribution in [0.2, 0.25) is 0 Å². The van der Waals surface area contributed by atoms with Crippen LogP contribution in [0.25, 0.3) is 0 Å². The highest BCUT2D eigenvalue weighted by atomic mass is 32.2. The van der Waals surface area contributed by atoms with Gasteiger partial charge in [-0.25, -0.2) is 18.0 Å². The maximum absolute atomic E-state index is 13.3. The zero-order chi connectivity index (χ0) is 30.2. The van der Waals surface area contributed by atoms with Crippen LogP contribution in [0.1, 0.15) is 52.6 Å². The monoisotopic (exact) mass is 608 g/mol. The second kappa shape index (κ2) is 9.70. The first kappa shape index (κ1) is 29.3. The molecule has 41 heavy (non-hydrogen) atoms. The number of carbonyl (C=O) groups excluding carboxylic acids is 5. The van der Waals surface area contributed by atoms with Crippen LogP contribution in [0.5, 0.6) is 0 Å². The van der Waals surface area contributed by atoms with Crippen molar-refractivity contribution >= 4 is 51.3 Å². The third-order valence-electron chi connectivity index (χ3n) is 8.17. The molecule has 4 aliphatic rings. The average molecular weight is 609 g/mol. The number of hydrogen-bond acceptors (Lipinski definition) is 11. The summed E-state index contributed by atoms with van der Waals surface area (Å²) >= 11 is 1.31. The molecule has 0 aliphatic carbocycles. The summed E-state index contributed by atoms with van der Waals surface area (Å²) < 4.78 is 33.9. The van der Waals surface area contributed by atoms with E-state index in [0.717, 1.165) is 4.90 Å². The number of carbonyl (C=O) groups is 5. The Balaban J connectivity index is 1.22. The summed E-state index contributed by atoms with van der Waals surface area (Å²) in [7, 11) is -3.82. The Morgan fingerprint density at radius 1 is 1.02 bits per heavy atom. The summed E-state index contributed by atoms with van der Waals surface area (Å²) in [6.07, 6.45) is -1.63. The van der Waals surface area contributed by atoms with Crippen LogP contribution >= 0.6 is 11.8 Å². The van der Waals surface area contributed by atoms with Gasteiger partial charge in [0.05, 0.1) is 11.2 Å². The average Bonchev–Trinajstić information content (AvgIpc) is 3.22. The summed E-state index contributed by atoms with van der Waals surface area (Å²) in [4.78, 5) is 66.6. The molecule has 0 bridgehead atoms. The van der Waals surface area contributed by atoms with Crippen LogP contribution < -0.4 is 11.1 Å². The lowest BCUT2D eigenvalue weighted by atomic mass is 9.95. The molecule has 0 aromatic heterocycles. The van der Waals surface area contributed by atoms with E-state index in [0.29, 0.717) is 5.56 Å². The van der Waals surface area contributed by atoms with Crippen LogP contribution in [0, 0.1) is 0 Å². The van der Waals surface area contributed by atoms with Crippen molar-refractivity contribution in [3.05, 3.63) is 35.9 Å². The van der Waals surface area contributed by atoms with Crippen LogP contribution in [0.4, 0.5) is 0 Å². The van der Waals surface area contributed by atoms with Crippen LogP contribution in [-0.4, -0.2) is 92.5 Å². The van der Waals surface area contributed by atoms with E-state index in [2.05, 4.69) is 5.32 Å². The van der Waals surface area contributed by atoms with Gasteiger partial charge < -0.3 is 30.3 Å². The summed E-state index contributed by atoms with van der Waals surface area (Å²) in [6, 6.07) is 4.41. The molecule has 0 radical (unpaired) electrons. The molecule has 4 fully saturated rings. The molecule has 7 atom stereocenters. The van der Waals surface area contributed by atoms with Crippen molar-refractivity contribution in [1.29, 1.82) is 0 Å². The molecule has 1 aromatic rings. The van der Waals surface area contributed by atoms with Gasteiger partial charge >= 0.3 is 11.9 Å². The molecule has 0 saturated carbocycles. The first-order valence-corrected chi connectivity index (χ1v) is 15.5. The summed E-state index contributed by atoms with van der Waals surface area (Å²) in [6.45, 7) is 7.50. The zero-order valence-corrected chi connectivity index (χ0v) is 24.7. The van der Waals surface area contributed by atoms with Crippen LogP contribution in [0.3, 0.4) is 0 Å². The van der Waals surface area contributed by atoms with Gasteiger partial charge in [-0.05, 0) is 33.3 Å². The van der Waals surface area contributed by atoms with Crippen molar-refractivity contribution in [2.75, 3.05) is 0 Å². The molecule has 4 heterocycles. The fourth-order valence-corrected chi connectivity index (χ4v) is 9.61. The number of esters is 2. The maximum Gasteiger partial charge on any atom is 0.333 e. The molecule has 222 valence electrons. The molecule has 1 aromatic carbocycles. The predicted molar refractivity (Wildman–Crippen MR) is 145 cm³/mol. The van der Waals surface area contributed by atoms with Gasteiger partial charge in [0.2, 0.25) is 24.0 Å². The molecular formula is C26H32N4O9S2. The molecule has 5 rings (SSSR count). The normalized spacial score (nSPS) is 31.6. The summed E-state index contributed by atoms with van der Waals surface area (Å²) in [5, 5.41) is 1.06. The second-order valence-electron chi connectivity index (χ2n) is 11.6. The van der Waals surface area contributed by atoms with Crippen molar-refractivity contribution < 1.29 is 41.9 Å². The van der Waals surface area contributed by atoms with E-state index in [9.17, 15) is 32.4 Å². The van der Waals surface area contributed by atoms with Gasteiger partial charge in [-0.15, -0.1) is 11.8 Å². The Morgan fingerprint density at radius 2 is 1.61 bits per heavy atom. The van der Waals surface area contributed by atoms with Gasteiger partial charge in [0.25, 0.3) is 0 Å². The lowest BCUT2D eigenvalue weighted by Gasteiger charge is -2.44. The standard InChI is InChI=1S/C26H32N4O9S2/c1-12(39-24(35)19-26(4,5)41(36,37)15-11-14(31)29(15)19)38-23(34)18-25(2,3)40-22-17(21(33)30(18)22)28-20(32)16(27)13-9-7-6-8-10-13/h6-10,12,15-19,22H,11,27H2,1-5H3,(H,28,32)/t12?,15-,16?,17-,18+,19+,22-/m1/s1. The van der Waals surface area contributed by atoms with E-state index in [1.165, 1.54) is 37.4 Å². The quantitative estimate of drug-likeness (QED) is 0.238. The number of amides is 3. The first-order chi connectivity index (χ1) is 19.0. The SMILES string of the molecule is CC(OC(=O)[C@@H]1N2C(=O)[C@@H](NC(=O)C(N)c3ccccc3)[C@H]2SC1(C)C)OC(=O)[C@@H]1N2C(=O)C[C@H]2S(=O)(=O)C1(C)C. The molecule has 3 amide bonds. The molecular weight excluding hydrogens is 576 g/mol. The molecule has 4 aliphatic heterocycles. The number of ether oxygens (including phenoxy) is 2. The fraction of sp³-hybridized carbons (Fsp3) is 0.577. The smallest absolute Gasteiger partial charge is 0.333 e. The zero-order valence-electron chi connectivity index (χ0n) is 23.1. The Hall–Kier alpha value is -3.17. The number of nitrogens with one attached hydrogen (secondary N) is 1. The summed E-state index contributed by atoms with van der Waals surface area (Å²) in [5.74, 6) is -3.33. The highest BCUT2D eigenvalue weighted by Gasteiger charge is 2.68. The third-order valence-corrected chi connectivity index (χ3v) is 12.5. The van der Waals surface area contributed by atoms with Crippen LogP contribution in [-0.2, 0) is 43.3 Å². The van der Waals surface area contributed by atoms with Crippen molar-refractivity contribution in [1.82, 2.24) is 15.1 Å². The lowest BCUT2D eigenvalue weighted by Crippen LogP contribution is -2.71. The van der Waals surface area contributed by atoms with Crippen molar-refractivity contribution in [2.24, 2.45) is 5.73 Å². The van der Waals surface area contributed by atoms with Crippen molar-refractivity contribution in [3.8, 4) is 0 Å². The van der Waals surface area contributed by atoms with E-state index in [1.807, 2.05) is 0 Å². The Labute approximate surface area is 241 Å². The number of nitrogens with zero attached hydrogens (tertiary/aromatic N) is 2. The maximum atomic E-state index is 13.3. The molecule has 3 N–H and O–H groups in total. The van der Waals surface area contributed by atoms with E-state index < -0.39 is 90.2 Å². The number of rotatable bonds is 7. The molecule has 4 saturated heterocycles. The first-order valence-electron chi connectivity index (χ1n) is 13.1. The van der Waals surface area contributed by atoms with E-state index in [4.69, 9.17) is 15.2 Å². The molecule has 0 spiro atoms. The minimum atomic E-state index is -3.82. The highest BCUT2D eigenvalue weighted by Crippen LogP contribution is 2.51. The number of sulfone groups is 1. The van der Waals surface area contributed by atoms with E-state index in [1.54, 1.807) is 44.2 Å². The number of β-lactam (4-membered cyclic amide) rings is 2. The van der Waals surface area contributed by atoms with Gasteiger partial charge in [0.15, 0.2) is 9.84 Å². The van der Waals surface area contributed by atoms with E-state index in [-0.39, 0.29) is 6.42 Å². The predicted octanol–water partition coefficient (Wildman–Crippen LogP) is -0.200. The summed E-state index contributed by atoms with van der Waals surface area (Å²) in [5.41, 5.74) is 6.65. The largest absolute Gasteiger partial charge is 0.424 e. The topological polar surface area (TPSA) is 182 Å². The lowest BCUT2D eigenvalue weighted by molar-refractivity contribution is -0.196. The Kier molecular flexibility index (Phi) is 6.94. The van der Waals surface area contributed by atoms with E-state index >= 15 is 0 Å². The number of nitrogens with two attached hydrogens (primary N) is 1. The van der Waals surface area contributed by atoms with Gasteiger partial charge in [-0.3, -0.25) is 14.4 Å². The fourth-order valence-electron chi connectivity index (χ4n) is 5.87. The number of thioether (sulfide) groups is 1. The van der Waals surface area contributed by atoms with Crippen LogP contribution in [0.15, 0.2) is 30.3 Å². The third kappa shape index (κ3) is 4.39. The Bertz CT molecular complexity index is 1430.